The van der Waals surface area contributed by atoms with E-state index in [2.05, 4.69) is 15.3 Å². The van der Waals surface area contributed by atoms with Crippen LogP contribution in [0.1, 0.15) is 52.4 Å². The van der Waals surface area contributed by atoms with Crippen LogP contribution < -0.4 is 5.32 Å². The standard InChI is InChI=1S/C29H25F4N3O3/c1-17-6-8-19(9-7-17)26(29(31,32)33)36-28(39)22-15-21-14-20(4-2-3-5-24(37)38)25(35-27(21)34-16-22)18-10-12-23(30)13-11-18/h6-16,26H,2-5H2,1H3,(H,36,39)(H,37,38)/t26-/m1/s1. The molecule has 6 nitrogen and oxygen atoms in total. The highest BCUT2D eigenvalue weighted by Crippen LogP contribution is 2.33. The SMILES string of the molecule is Cc1ccc([C@@H](NC(=O)c2cnc3nc(-c4ccc(F)cc4)c(CCCCC(=O)O)cc3c2)C(F)(F)F)cc1. The number of halogens is 4. The summed E-state index contributed by atoms with van der Waals surface area (Å²) in [4.78, 5) is 32.6. The minimum Gasteiger partial charge on any atom is -0.481 e. The molecule has 1 amide bonds. The summed E-state index contributed by atoms with van der Waals surface area (Å²) in [5, 5.41) is 11.4. The Hall–Kier alpha value is -4.34. The number of carboxylic acids is 1. The Balaban J connectivity index is 1.66. The lowest BCUT2D eigenvalue weighted by Crippen LogP contribution is -2.38. The lowest BCUT2D eigenvalue weighted by molar-refractivity contribution is -0.155. The second-order valence-electron chi connectivity index (χ2n) is 9.23. The summed E-state index contributed by atoms with van der Waals surface area (Å²) in [7, 11) is 0. The van der Waals surface area contributed by atoms with Crippen LogP contribution in [0.5, 0.6) is 0 Å². The molecular weight excluding hydrogens is 514 g/mol. The maximum Gasteiger partial charge on any atom is 0.412 e. The number of amides is 1. The van der Waals surface area contributed by atoms with Gasteiger partial charge in [-0.3, -0.25) is 9.59 Å². The summed E-state index contributed by atoms with van der Waals surface area (Å²) >= 11 is 0. The van der Waals surface area contributed by atoms with Gasteiger partial charge in [0.2, 0.25) is 0 Å². The largest absolute Gasteiger partial charge is 0.481 e. The molecule has 0 saturated carbocycles. The Morgan fingerprint density at radius 3 is 2.33 bits per heavy atom. The highest BCUT2D eigenvalue weighted by molar-refractivity contribution is 5.97. The van der Waals surface area contributed by atoms with Crippen molar-refractivity contribution in [1.82, 2.24) is 15.3 Å². The molecule has 2 aromatic carbocycles. The van der Waals surface area contributed by atoms with Gasteiger partial charge in [-0.05, 0) is 73.7 Å². The molecule has 0 aliphatic heterocycles. The van der Waals surface area contributed by atoms with Gasteiger partial charge in [0.1, 0.15) is 5.82 Å². The van der Waals surface area contributed by atoms with E-state index in [1.54, 1.807) is 37.3 Å². The number of aromatic nitrogens is 2. The van der Waals surface area contributed by atoms with Crippen molar-refractivity contribution in [2.45, 2.75) is 44.8 Å². The van der Waals surface area contributed by atoms with Crippen molar-refractivity contribution in [3.05, 3.63) is 94.9 Å². The zero-order valence-electron chi connectivity index (χ0n) is 20.9. The van der Waals surface area contributed by atoms with Crippen LogP contribution >= 0.6 is 0 Å². The second kappa shape index (κ2) is 11.6. The normalized spacial score (nSPS) is 12.3. The first-order valence-electron chi connectivity index (χ1n) is 12.2. The molecule has 0 fully saturated rings. The molecule has 4 rings (SSSR count). The predicted molar refractivity (Wildman–Crippen MR) is 138 cm³/mol. The highest BCUT2D eigenvalue weighted by atomic mass is 19.4. The third-order valence-corrected chi connectivity index (χ3v) is 6.23. The first kappa shape index (κ1) is 27.7. The fourth-order valence-corrected chi connectivity index (χ4v) is 4.20. The van der Waals surface area contributed by atoms with Crippen molar-refractivity contribution in [3.8, 4) is 11.3 Å². The average Bonchev–Trinajstić information content (AvgIpc) is 2.89. The molecule has 4 aromatic rings. The van der Waals surface area contributed by atoms with E-state index in [0.717, 1.165) is 11.8 Å². The maximum atomic E-state index is 13.8. The summed E-state index contributed by atoms with van der Waals surface area (Å²) in [5.74, 6) is -2.27. The van der Waals surface area contributed by atoms with Gasteiger partial charge >= 0.3 is 12.1 Å². The van der Waals surface area contributed by atoms with Crippen LogP contribution in [-0.2, 0) is 11.2 Å². The van der Waals surface area contributed by atoms with Crippen LogP contribution in [-0.4, -0.2) is 33.1 Å². The third-order valence-electron chi connectivity index (χ3n) is 6.23. The number of carbonyl (C=O) groups is 2. The molecule has 0 saturated heterocycles. The number of nitrogens with one attached hydrogen (secondary N) is 1. The number of rotatable bonds is 9. The molecule has 10 heteroatoms. The molecule has 0 unspecified atom stereocenters. The number of unbranched alkanes of at least 4 members (excludes halogenated alkanes) is 1. The summed E-state index contributed by atoms with van der Waals surface area (Å²) in [6, 6.07) is 12.4. The van der Waals surface area contributed by atoms with E-state index in [0.29, 0.717) is 41.5 Å². The Morgan fingerprint density at radius 1 is 1.00 bits per heavy atom. The lowest BCUT2D eigenvalue weighted by atomic mass is 9.99. The molecule has 0 bridgehead atoms. The zero-order chi connectivity index (χ0) is 28.2. The minimum absolute atomic E-state index is 0.000120. The lowest BCUT2D eigenvalue weighted by Gasteiger charge is -2.22. The number of aryl methyl sites for hydroxylation is 2. The van der Waals surface area contributed by atoms with E-state index >= 15 is 0 Å². The van der Waals surface area contributed by atoms with Crippen molar-refractivity contribution in [2.24, 2.45) is 0 Å². The smallest absolute Gasteiger partial charge is 0.412 e. The van der Waals surface area contributed by atoms with Crippen molar-refractivity contribution >= 4 is 22.9 Å². The predicted octanol–water partition coefficient (Wildman–Crippen LogP) is 6.58. The number of nitrogens with zero attached hydrogens (tertiary/aromatic N) is 2. The van der Waals surface area contributed by atoms with Crippen LogP contribution in [0.15, 0.2) is 66.9 Å². The molecule has 39 heavy (non-hydrogen) atoms. The number of alkyl halides is 3. The second-order valence-corrected chi connectivity index (χ2v) is 9.23. The molecule has 2 heterocycles. The van der Waals surface area contributed by atoms with Gasteiger partial charge < -0.3 is 10.4 Å². The van der Waals surface area contributed by atoms with Crippen LogP contribution in [0.2, 0.25) is 0 Å². The van der Waals surface area contributed by atoms with Gasteiger partial charge in [-0.15, -0.1) is 0 Å². The molecule has 2 aromatic heterocycles. The molecule has 0 radical (unpaired) electrons. The van der Waals surface area contributed by atoms with Crippen LogP contribution in [0.25, 0.3) is 22.3 Å². The third kappa shape index (κ3) is 6.95. The van der Waals surface area contributed by atoms with E-state index in [1.807, 2.05) is 0 Å². The van der Waals surface area contributed by atoms with E-state index in [4.69, 9.17) is 5.11 Å². The quantitative estimate of drug-likeness (QED) is 0.185. The van der Waals surface area contributed by atoms with Gasteiger partial charge in [0.05, 0.1) is 11.3 Å². The van der Waals surface area contributed by atoms with Crippen LogP contribution in [0, 0.1) is 12.7 Å². The van der Waals surface area contributed by atoms with Crippen molar-refractivity contribution in [3.63, 3.8) is 0 Å². The van der Waals surface area contributed by atoms with Crippen molar-refractivity contribution in [1.29, 1.82) is 0 Å². The van der Waals surface area contributed by atoms with E-state index in [9.17, 15) is 27.2 Å². The summed E-state index contributed by atoms with van der Waals surface area (Å²) in [6.45, 7) is 1.75. The first-order chi connectivity index (χ1) is 18.5. The van der Waals surface area contributed by atoms with Crippen LogP contribution in [0.4, 0.5) is 17.6 Å². The Kier molecular flexibility index (Phi) is 8.23. The fraction of sp³-hybridized carbons (Fsp3) is 0.241. The first-order valence-corrected chi connectivity index (χ1v) is 12.2. The van der Waals surface area contributed by atoms with Gasteiger partial charge in [0, 0.05) is 23.6 Å². The van der Waals surface area contributed by atoms with Crippen LogP contribution in [0.3, 0.4) is 0 Å². The summed E-state index contributed by atoms with van der Waals surface area (Å²) in [5.41, 5.74) is 2.75. The van der Waals surface area contributed by atoms with Crippen molar-refractivity contribution in [2.75, 3.05) is 0 Å². The number of carboxylic acid groups (broad SMARTS) is 1. The number of fused-ring (bicyclic) bond motifs is 1. The zero-order valence-corrected chi connectivity index (χ0v) is 20.9. The van der Waals surface area contributed by atoms with Crippen molar-refractivity contribution < 1.29 is 32.3 Å². The molecule has 0 spiro atoms. The van der Waals surface area contributed by atoms with E-state index in [1.165, 1.54) is 30.3 Å². The maximum absolute atomic E-state index is 13.8. The minimum atomic E-state index is -4.72. The van der Waals surface area contributed by atoms with E-state index < -0.39 is 29.9 Å². The Bertz CT molecular complexity index is 1490. The topological polar surface area (TPSA) is 92.2 Å². The number of aliphatic carboxylic acids is 1. The van der Waals surface area contributed by atoms with Gasteiger partial charge in [-0.25, -0.2) is 14.4 Å². The molecule has 0 aliphatic rings. The number of pyridine rings is 2. The molecule has 202 valence electrons. The Labute approximate surface area is 221 Å². The molecule has 0 aliphatic carbocycles. The number of carbonyl (C=O) groups excluding carboxylic acids is 1. The van der Waals surface area contributed by atoms with Gasteiger partial charge in [0.15, 0.2) is 11.7 Å². The number of hydrogen-bond acceptors (Lipinski definition) is 4. The van der Waals surface area contributed by atoms with Gasteiger partial charge in [0.25, 0.3) is 5.91 Å². The van der Waals surface area contributed by atoms with E-state index in [-0.39, 0.29) is 23.2 Å². The fourth-order valence-electron chi connectivity index (χ4n) is 4.20. The monoisotopic (exact) mass is 539 g/mol. The number of hydrogen-bond donors (Lipinski definition) is 2. The average molecular weight is 540 g/mol. The highest BCUT2D eigenvalue weighted by Gasteiger charge is 2.42. The summed E-state index contributed by atoms with van der Waals surface area (Å²) < 4.78 is 54.9. The molecule has 2 N–H and O–H groups in total. The summed E-state index contributed by atoms with van der Waals surface area (Å²) in [6.07, 6.45) is -2.15. The number of benzene rings is 2. The Morgan fingerprint density at radius 2 is 1.69 bits per heavy atom. The molecule has 1 atom stereocenters. The van der Waals surface area contributed by atoms with Gasteiger partial charge in [-0.1, -0.05) is 29.8 Å². The van der Waals surface area contributed by atoms with Gasteiger partial charge in [-0.2, -0.15) is 13.2 Å². The molecular formula is C29H25F4N3O3.